The Kier molecular flexibility index (Phi) is 7.31. The summed E-state index contributed by atoms with van der Waals surface area (Å²) in [5.74, 6) is -2.47. The fourth-order valence-corrected chi connectivity index (χ4v) is 3.64. The highest BCUT2D eigenvalue weighted by Crippen LogP contribution is 2.35. The van der Waals surface area contributed by atoms with Gasteiger partial charge in [0.1, 0.15) is 5.82 Å². The summed E-state index contributed by atoms with van der Waals surface area (Å²) in [6.07, 6.45) is 1.19. The van der Waals surface area contributed by atoms with Crippen LogP contribution in [0, 0.1) is 11.7 Å². The molecule has 0 saturated carbocycles. The summed E-state index contributed by atoms with van der Waals surface area (Å²) in [7, 11) is 0. The second kappa shape index (κ2) is 10.5. The van der Waals surface area contributed by atoms with Crippen molar-refractivity contribution in [1.82, 2.24) is 4.90 Å². The van der Waals surface area contributed by atoms with Gasteiger partial charge in [0.2, 0.25) is 6.79 Å². The SMILES string of the molecule is CCOC(=O)C(C=Nc1ccc2c(c1)OCO2)C(=O)c1cc(CN2CCOCC2)ccc1F. The number of hydrogen-bond acceptors (Lipinski definition) is 8. The van der Waals surface area contributed by atoms with Gasteiger partial charge in [0, 0.05) is 31.9 Å². The first-order chi connectivity index (χ1) is 16.0. The van der Waals surface area contributed by atoms with E-state index in [9.17, 15) is 14.0 Å². The van der Waals surface area contributed by atoms with Crippen molar-refractivity contribution >= 4 is 23.7 Å². The summed E-state index contributed by atoms with van der Waals surface area (Å²) >= 11 is 0. The number of morpholine rings is 1. The van der Waals surface area contributed by atoms with Crippen molar-refractivity contribution in [3.63, 3.8) is 0 Å². The number of aliphatic imine (C=N–C) groups is 1. The van der Waals surface area contributed by atoms with Crippen LogP contribution in [0.15, 0.2) is 41.4 Å². The molecular formula is C24H25FN2O6. The van der Waals surface area contributed by atoms with Crippen LogP contribution in [0.2, 0.25) is 0 Å². The zero-order valence-corrected chi connectivity index (χ0v) is 18.3. The molecule has 9 heteroatoms. The molecule has 2 aliphatic heterocycles. The zero-order valence-electron chi connectivity index (χ0n) is 18.3. The Morgan fingerprint density at radius 2 is 1.94 bits per heavy atom. The molecule has 0 spiro atoms. The molecule has 1 saturated heterocycles. The number of rotatable bonds is 8. The average Bonchev–Trinajstić information content (AvgIpc) is 3.29. The van der Waals surface area contributed by atoms with Crippen molar-refractivity contribution in [1.29, 1.82) is 0 Å². The van der Waals surface area contributed by atoms with Crippen LogP contribution in [-0.2, 0) is 20.8 Å². The fourth-order valence-electron chi connectivity index (χ4n) is 3.64. The lowest BCUT2D eigenvalue weighted by Crippen LogP contribution is -2.35. The number of ketones is 1. The molecule has 4 rings (SSSR count). The Hall–Kier alpha value is -3.30. The summed E-state index contributed by atoms with van der Waals surface area (Å²) < 4.78 is 35.6. The van der Waals surface area contributed by atoms with Crippen LogP contribution in [0.25, 0.3) is 0 Å². The molecule has 2 aromatic rings. The third kappa shape index (κ3) is 5.55. The number of halogens is 1. The van der Waals surface area contributed by atoms with Gasteiger partial charge in [-0.15, -0.1) is 0 Å². The van der Waals surface area contributed by atoms with E-state index in [1.165, 1.54) is 18.3 Å². The molecular weight excluding hydrogens is 431 g/mol. The molecule has 0 aromatic heterocycles. The second-order valence-corrected chi connectivity index (χ2v) is 7.61. The van der Waals surface area contributed by atoms with Gasteiger partial charge in [-0.25, -0.2) is 4.39 Å². The van der Waals surface area contributed by atoms with Crippen molar-refractivity contribution in [3.8, 4) is 11.5 Å². The Morgan fingerprint density at radius 3 is 2.73 bits per heavy atom. The van der Waals surface area contributed by atoms with E-state index >= 15 is 0 Å². The van der Waals surface area contributed by atoms with Crippen LogP contribution in [0.4, 0.5) is 10.1 Å². The lowest BCUT2D eigenvalue weighted by atomic mass is 9.96. The highest BCUT2D eigenvalue weighted by atomic mass is 19.1. The molecule has 0 aliphatic carbocycles. The molecule has 33 heavy (non-hydrogen) atoms. The van der Waals surface area contributed by atoms with Gasteiger partial charge < -0.3 is 18.9 Å². The quantitative estimate of drug-likeness (QED) is 0.261. The Balaban J connectivity index is 1.57. The van der Waals surface area contributed by atoms with Gasteiger partial charge in [0.25, 0.3) is 0 Å². The third-order valence-electron chi connectivity index (χ3n) is 5.36. The van der Waals surface area contributed by atoms with Gasteiger partial charge in [-0.05, 0) is 36.8 Å². The van der Waals surface area contributed by atoms with Gasteiger partial charge in [0.05, 0.1) is 31.1 Å². The topological polar surface area (TPSA) is 86.7 Å². The zero-order chi connectivity index (χ0) is 23.2. The van der Waals surface area contributed by atoms with Gasteiger partial charge in [0.15, 0.2) is 23.2 Å². The van der Waals surface area contributed by atoms with E-state index < -0.39 is 23.5 Å². The predicted octanol–water partition coefficient (Wildman–Crippen LogP) is 3.15. The Bertz CT molecular complexity index is 1050. The normalized spacial score (nSPS) is 16.7. The van der Waals surface area contributed by atoms with E-state index in [1.807, 2.05) is 0 Å². The van der Waals surface area contributed by atoms with Gasteiger partial charge in [-0.3, -0.25) is 19.5 Å². The van der Waals surface area contributed by atoms with E-state index in [4.69, 9.17) is 18.9 Å². The third-order valence-corrected chi connectivity index (χ3v) is 5.36. The molecule has 174 valence electrons. The summed E-state index contributed by atoms with van der Waals surface area (Å²) in [6, 6.07) is 9.37. The van der Waals surface area contributed by atoms with E-state index in [2.05, 4.69) is 9.89 Å². The van der Waals surface area contributed by atoms with Crippen molar-refractivity contribution < 1.29 is 32.9 Å². The number of esters is 1. The predicted molar refractivity (Wildman–Crippen MR) is 118 cm³/mol. The van der Waals surface area contributed by atoms with Crippen molar-refractivity contribution in [3.05, 3.63) is 53.3 Å². The van der Waals surface area contributed by atoms with Crippen LogP contribution in [0.3, 0.4) is 0 Å². The summed E-state index contributed by atoms with van der Waals surface area (Å²) in [6.45, 7) is 5.18. The number of hydrogen-bond donors (Lipinski definition) is 0. The minimum Gasteiger partial charge on any atom is -0.465 e. The number of carbonyl (C=O) groups excluding carboxylic acids is 2. The van der Waals surface area contributed by atoms with Crippen molar-refractivity contribution in [2.75, 3.05) is 39.7 Å². The van der Waals surface area contributed by atoms with Crippen molar-refractivity contribution in [2.45, 2.75) is 13.5 Å². The number of ether oxygens (including phenoxy) is 4. The maximum absolute atomic E-state index is 14.6. The monoisotopic (exact) mass is 456 g/mol. The first-order valence-corrected chi connectivity index (χ1v) is 10.8. The van der Waals surface area contributed by atoms with Crippen LogP contribution in [-0.4, -0.2) is 62.6 Å². The highest BCUT2D eigenvalue weighted by molar-refractivity contribution is 6.18. The summed E-state index contributed by atoms with van der Waals surface area (Å²) in [5, 5.41) is 0. The second-order valence-electron chi connectivity index (χ2n) is 7.61. The standard InChI is InChI=1S/C24H25FN2O6/c1-2-31-24(29)19(13-26-17-4-6-21-22(12-17)33-15-32-21)23(28)18-11-16(3-5-20(18)25)14-27-7-9-30-10-8-27/h3-6,11-13,19H,2,7-10,14-15H2,1H3. The van der Waals surface area contributed by atoms with Crippen LogP contribution < -0.4 is 9.47 Å². The van der Waals surface area contributed by atoms with E-state index in [0.717, 1.165) is 18.7 Å². The molecule has 2 aromatic carbocycles. The minimum atomic E-state index is -1.39. The maximum atomic E-state index is 14.6. The molecule has 1 unspecified atom stereocenters. The molecule has 1 atom stereocenters. The Morgan fingerprint density at radius 1 is 1.15 bits per heavy atom. The van der Waals surface area contributed by atoms with E-state index in [1.54, 1.807) is 31.2 Å². The fraction of sp³-hybridized carbons (Fsp3) is 0.375. The van der Waals surface area contributed by atoms with Crippen molar-refractivity contribution in [2.24, 2.45) is 10.9 Å². The maximum Gasteiger partial charge on any atom is 0.322 e. The van der Waals surface area contributed by atoms with E-state index in [-0.39, 0.29) is 19.0 Å². The molecule has 0 N–H and O–H groups in total. The van der Waals surface area contributed by atoms with Gasteiger partial charge >= 0.3 is 5.97 Å². The molecule has 0 radical (unpaired) electrons. The van der Waals surface area contributed by atoms with Crippen LogP contribution in [0.1, 0.15) is 22.8 Å². The smallest absolute Gasteiger partial charge is 0.322 e. The lowest BCUT2D eigenvalue weighted by molar-refractivity contribution is -0.143. The van der Waals surface area contributed by atoms with Gasteiger partial charge in [-0.2, -0.15) is 0 Å². The van der Waals surface area contributed by atoms with Crippen LogP contribution in [0.5, 0.6) is 11.5 Å². The minimum absolute atomic E-state index is 0.0834. The van der Waals surface area contributed by atoms with Crippen LogP contribution >= 0.6 is 0 Å². The number of fused-ring (bicyclic) bond motifs is 1. The molecule has 0 amide bonds. The lowest BCUT2D eigenvalue weighted by Gasteiger charge is -2.26. The first-order valence-electron chi connectivity index (χ1n) is 10.8. The number of Topliss-reactive ketones (excluding diaryl/α,β-unsaturated/α-hetero) is 1. The molecule has 2 aliphatic rings. The molecule has 1 fully saturated rings. The number of benzene rings is 2. The molecule has 8 nitrogen and oxygen atoms in total. The molecule has 0 bridgehead atoms. The van der Waals surface area contributed by atoms with Gasteiger partial charge in [-0.1, -0.05) is 6.07 Å². The molecule has 2 heterocycles. The average molecular weight is 456 g/mol. The highest BCUT2D eigenvalue weighted by Gasteiger charge is 2.30. The van der Waals surface area contributed by atoms with E-state index in [0.29, 0.717) is 36.9 Å². The summed E-state index contributed by atoms with van der Waals surface area (Å²) in [4.78, 5) is 32.2. The first kappa shape index (κ1) is 22.9. The largest absolute Gasteiger partial charge is 0.465 e. The number of carbonyl (C=O) groups is 2. The Labute approximate surface area is 190 Å². The summed E-state index contributed by atoms with van der Waals surface area (Å²) in [5.41, 5.74) is 1.07. The number of nitrogens with zero attached hydrogens (tertiary/aromatic N) is 2.